The van der Waals surface area contributed by atoms with Crippen LogP contribution in [0, 0.1) is 23.7 Å². The van der Waals surface area contributed by atoms with Gasteiger partial charge in [-0.05, 0) is 104 Å². The lowest BCUT2D eigenvalue weighted by molar-refractivity contribution is -0.00279. The van der Waals surface area contributed by atoms with Crippen molar-refractivity contribution in [1.29, 1.82) is 0 Å². The van der Waals surface area contributed by atoms with Gasteiger partial charge in [0.05, 0.1) is 0 Å². The lowest BCUT2D eigenvalue weighted by atomic mass is 9.51. The molecule has 0 unspecified atom stereocenters. The van der Waals surface area contributed by atoms with Crippen LogP contribution in [0.25, 0.3) is 0 Å². The molecular weight excluding hydrogens is 346 g/mol. The van der Waals surface area contributed by atoms with Crippen molar-refractivity contribution in [1.82, 2.24) is 4.90 Å². The molecular formula is C25H29NO2. The second-order valence-corrected chi connectivity index (χ2v) is 9.35. The molecule has 0 radical (unpaired) electrons. The molecule has 4 bridgehead atoms. The van der Waals surface area contributed by atoms with Crippen LogP contribution in [0.5, 0.6) is 11.5 Å². The highest BCUT2D eigenvalue weighted by Crippen LogP contribution is 2.59. The minimum atomic E-state index is 0.00608. The Morgan fingerprint density at radius 2 is 1.29 bits per heavy atom. The molecule has 0 heterocycles. The van der Waals surface area contributed by atoms with Gasteiger partial charge in [0.1, 0.15) is 11.5 Å². The first kappa shape index (κ1) is 17.8. The summed E-state index contributed by atoms with van der Waals surface area (Å²) in [5.74, 6) is 6.24. The number of hydrogen-bond acceptors (Lipinski definition) is 2. The molecule has 4 aliphatic carbocycles. The van der Waals surface area contributed by atoms with Crippen molar-refractivity contribution in [3.05, 3.63) is 59.7 Å². The summed E-state index contributed by atoms with van der Waals surface area (Å²) in [5.41, 5.74) is 2.18. The number of carbonyl (C=O) groups excluding carboxylic acids is 1. The summed E-state index contributed by atoms with van der Waals surface area (Å²) in [4.78, 5) is 13.6. The fourth-order valence-corrected chi connectivity index (χ4v) is 6.29. The van der Waals surface area contributed by atoms with E-state index in [1.54, 1.807) is 19.0 Å². The Morgan fingerprint density at radius 1 is 0.786 bits per heavy atom. The van der Waals surface area contributed by atoms with Crippen molar-refractivity contribution in [2.75, 3.05) is 14.1 Å². The summed E-state index contributed by atoms with van der Waals surface area (Å²) < 4.78 is 6.01. The molecule has 4 fully saturated rings. The van der Waals surface area contributed by atoms with Crippen LogP contribution in [0.2, 0.25) is 0 Å². The highest BCUT2D eigenvalue weighted by molar-refractivity contribution is 5.93. The Balaban J connectivity index is 1.28. The van der Waals surface area contributed by atoms with Crippen LogP contribution in [0.1, 0.15) is 53.9 Å². The summed E-state index contributed by atoms with van der Waals surface area (Å²) in [5, 5.41) is 0. The van der Waals surface area contributed by atoms with Crippen LogP contribution in [0.15, 0.2) is 48.5 Å². The summed E-state index contributed by atoms with van der Waals surface area (Å²) >= 11 is 0. The first-order chi connectivity index (χ1) is 13.6. The van der Waals surface area contributed by atoms with Gasteiger partial charge in [0.25, 0.3) is 5.91 Å². The third kappa shape index (κ3) is 3.21. The molecule has 0 saturated heterocycles. The number of benzene rings is 2. The molecule has 4 saturated carbocycles. The van der Waals surface area contributed by atoms with Gasteiger partial charge in [-0.2, -0.15) is 0 Å². The third-order valence-corrected chi connectivity index (χ3v) is 7.23. The van der Waals surface area contributed by atoms with Crippen molar-refractivity contribution in [2.24, 2.45) is 23.7 Å². The second-order valence-electron chi connectivity index (χ2n) is 9.35. The number of ether oxygens (including phenoxy) is 1. The Morgan fingerprint density at radius 3 is 1.79 bits per heavy atom. The fourth-order valence-electron chi connectivity index (χ4n) is 6.29. The van der Waals surface area contributed by atoms with Gasteiger partial charge >= 0.3 is 0 Å². The van der Waals surface area contributed by atoms with Crippen molar-refractivity contribution >= 4 is 5.91 Å². The van der Waals surface area contributed by atoms with Crippen molar-refractivity contribution in [3.8, 4) is 11.5 Å². The van der Waals surface area contributed by atoms with E-state index in [0.29, 0.717) is 5.56 Å². The maximum atomic E-state index is 12.0. The van der Waals surface area contributed by atoms with Crippen LogP contribution < -0.4 is 4.74 Å². The van der Waals surface area contributed by atoms with E-state index in [0.717, 1.165) is 41.1 Å². The van der Waals surface area contributed by atoms with E-state index in [1.807, 2.05) is 24.3 Å². The van der Waals surface area contributed by atoms with E-state index in [-0.39, 0.29) is 5.91 Å². The molecule has 0 atom stereocenters. The van der Waals surface area contributed by atoms with Gasteiger partial charge in [-0.25, -0.2) is 0 Å². The molecule has 4 aliphatic rings. The molecule has 0 N–H and O–H groups in total. The first-order valence-corrected chi connectivity index (χ1v) is 10.7. The van der Waals surface area contributed by atoms with Crippen molar-refractivity contribution < 1.29 is 9.53 Å². The highest BCUT2D eigenvalue weighted by atomic mass is 16.5. The summed E-state index contributed by atoms with van der Waals surface area (Å²) in [7, 11) is 3.52. The molecule has 0 aliphatic heterocycles. The maximum absolute atomic E-state index is 12.0. The van der Waals surface area contributed by atoms with Gasteiger partial charge in [-0.3, -0.25) is 4.79 Å². The minimum absolute atomic E-state index is 0.00608. The number of nitrogens with zero attached hydrogens (tertiary/aromatic N) is 1. The molecule has 146 valence electrons. The van der Waals surface area contributed by atoms with Gasteiger partial charge < -0.3 is 9.64 Å². The molecule has 2 aromatic carbocycles. The Labute approximate surface area is 167 Å². The minimum Gasteiger partial charge on any atom is -0.457 e. The smallest absolute Gasteiger partial charge is 0.253 e. The molecule has 2 aromatic rings. The third-order valence-electron chi connectivity index (χ3n) is 7.23. The van der Waals surface area contributed by atoms with Gasteiger partial charge in [-0.1, -0.05) is 12.1 Å². The van der Waals surface area contributed by atoms with Crippen molar-refractivity contribution in [2.45, 2.75) is 38.0 Å². The number of hydrogen-bond donors (Lipinski definition) is 0. The Hall–Kier alpha value is -2.29. The molecule has 0 spiro atoms. The first-order valence-electron chi connectivity index (χ1n) is 10.7. The molecule has 0 aromatic heterocycles. The zero-order chi connectivity index (χ0) is 19.3. The van der Waals surface area contributed by atoms with Crippen LogP contribution in [-0.4, -0.2) is 24.9 Å². The normalized spacial score (nSPS) is 30.3. The average molecular weight is 376 g/mol. The Bertz CT molecular complexity index is 825. The van der Waals surface area contributed by atoms with E-state index in [2.05, 4.69) is 24.3 Å². The second kappa shape index (κ2) is 6.95. The number of rotatable bonds is 4. The van der Waals surface area contributed by atoms with Crippen LogP contribution in [-0.2, 0) is 0 Å². The predicted octanol–water partition coefficient (Wildman–Crippen LogP) is 5.72. The Kier molecular flexibility index (Phi) is 4.41. The summed E-state index contributed by atoms with van der Waals surface area (Å²) in [6.07, 6.45) is 7.31. The zero-order valence-electron chi connectivity index (χ0n) is 16.8. The number of amides is 1. The van der Waals surface area contributed by atoms with Crippen molar-refractivity contribution in [3.63, 3.8) is 0 Å². The average Bonchev–Trinajstić information content (AvgIpc) is 2.68. The largest absolute Gasteiger partial charge is 0.457 e. The van der Waals surface area contributed by atoms with E-state index in [4.69, 9.17) is 4.74 Å². The van der Waals surface area contributed by atoms with Gasteiger partial charge in [0.15, 0.2) is 0 Å². The molecule has 1 amide bonds. The van der Waals surface area contributed by atoms with Gasteiger partial charge in [-0.15, -0.1) is 0 Å². The highest BCUT2D eigenvalue weighted by Gasteiger charge is 2.48. The molecule has 6 rings (SSSR count). The maximum Gasteiger partial charge on any atom is 0.253 e. The molecule has 3 heteroatoms. The topological polar surface area (TPSA) is 29.5 Å². The van der Waals surface area contributed by atoms with Gasteiger partial charge in [0.2, 0.25) is 0 Å². The summed E-state index contributed by atoms with van der Waals surface area (Å²) in [6, 6.07) is 16.2. The van der Waals surface area contributed by atoms with Crippen LogP contribution in [0.4, 0.5) is 0 Å². The van der Waals surface area contributed by atoms with Gasteiger partial charge in [0, 0.05) is 19.7 Å². The van der Waals surface area contributed by atoms with E-state index < -0.39 is 0 Å². The van der Waals surface area contributed by atoms with Crippen LogP contribution in [0.3, 0.4) is 0 Å². The monoisotopic (exact) mass is 375 g/mol. The van der Waals surface area contributed by atoms with E-state index >= 15 is 0 Å². The quantitative estimate of drug-likeness (QED) is 0.684. The summed E-state index contributed by atoms with van der Waals surface area (Å²) in [6.45, 7) is 0. The SMILES string of the molecule is CN(C)C(=O)c1ccc(Oc2ccc(C3C4CC5CC(C4)CC3C5)cc2)cc1. The fraction of sp³-hybridized carbons (Fsp3) is 0.480. The van der Waals surface area contributed by atoms with E-state index in [9.17, 15) is 4.79 Å². The van der Waals surface area contributed by atoms with Crippen LogP contribution >= 0.6 is 0 Å². The van der Waals surface area contributed by atoms with E-state index in [1.165, 1.54) is 37.7 Å². The standard InChI is InChI=1S/C25H29NO2/c1-26(2)25(27)19-5-9-23(10-6-19)28-22-7-3-18(4-8-22)24-20-12-16-11-17(14-20)15-21(24)13-16/h3-10,16-17,20-21,24H,11-15H2,1-2H3. The number of carbonyl (C=O) groups is 1. The lowest BCUT2D eigenvalue weighted by Gasteiger charge is -2.54. The predicted molar refractivity (Wildman–Crippen MR) is 111 cm³/mol. The lowest BCUT2D eigenvalue weighted by Crippen LogP contribution is -2.43. The molecule has 3 nitrogen and oxygen atoms in total. The molecule has 28 heavy (non-hydrogen) atoms. The zero-order valence-corrected chi connectivity index (χ0v) is 16.8.